The Hall–Kier alpha value is -2.47. The molecule has 1 N–H and O–H groups in total. The van der Waals surface area contributed by atoms with E-state index < -0.39 is 0 Å². The molecule has 0 spiro atoms. The minimum Gasteiger partial charge on any atom is -0.484 e. The van der Waals surface area contributed by atoms with Crippen LogP contribution in [0.3, 0.4) is 0 Å². The first-order chi connectivity index (χ1) is 13.6. The molecule has 3 rings (SSSR count). The van der Waals surface area contributed by atoms with E-state index in [9.17, 15) is 9.59 Å². The number of hydrogen-bond acceptors (Lipinski definition) is 4. The Bertz CT molecular complexity index is 784. The predicted octanol–water partition coefficient (Wildman–Crippen LogP) is 3.38. The van der Waals surface area contributed by atoms with E-state index >= 15 is 0 Å². The second-order valence-corrected chi connectivity index (χ2v) is 7.93. The number of aryl methyl sites for hydroxylation is 1. The van der Waals surface area contributed by atoms with Crippen molar-refractivity contribution in [2.24, 2.45) is 0 Å². The third kappa shape index (κ3) is 6.02. The van der Waals surface area contributed by atoms with Crippen molar-refractivity contribution in [2.75, 3.05) is 36.5 Å². The van der Waals surface area contributed by atoms with Crippen LogP contribution in [0.1, 0.15) is 18.1 Å². The lowest BCUT2D eigenvalue weighted by Gasteiger charge is -2.26. The largest absolute Gasteiger partial charge is 0.484 e. The molecule has 2 aromatic rings. The zero-order chi connectivity index (χ0) is 19.8. The summed E-state index contributed by atoms with van der Waals surface area (Å²) in [4.78, 5) is 26.3. The number of benzene rings is 2. The number of ether oxygens (including phenoxy) is 1. The van der Waals surface area contributed by atoms with E-state index in [0.29, 0.717) is 17.9 Å². The smallest absolute Gasteiger partial charge is 0.262 e. The molecule has 1 aliphatic rings. The van der Waals surface area contributed by atoms with Gasteiger partial charge in [0.15, 0.2) is 6.61 Å². The minimum atomic E-state index is -0.214. The van der Waals surface area contributed by atoms with Gasteiger partial charge in [0.05, 0.1) is 6.42 Å². The summed E-state index contributed by atoms with van der Waals surface area (Å²) >= 11 is 1.89. The number of amides is 2. The maximum absolute atomic E-state index is 12.3. The van der Waals surface area contributed by atoms with Gasteiger partial charge >= 0.3 is 0 Å². The van der Waals surface area contributed by atoms with Crippen LogP contribution >= 0.6 is 11.8 Å². The number of nitrogens with one attached hydrogen (secondary N) is 1. The van der Waals surface area contributed by atoms with Gasteiger partial charge in [-0.15, -0.1) is 0 Å². The quantitative estimate of drug-likeness (QED) is 0.777. The van der Waals surface area contributed by atoms with Crippen LogP contribution in [0.5, 0.6) is 5.75 Å². The molecular formula is C22H26N2O3S. The van der Waals surface area contributed by atoms with E-state index in [2.05, 4.69) is 12.2 Å². The molecule has 148 valence electrons. The molecular weight excluding hydrogens is 372 g/mol. The Labute approximate surface area is 170 Å². The molecule has 5 nitrogen and oxygen atoms in total. The summed E-state index contributed by atoms with van der Waals surface area (Å²) in [6, 6.07) is 15.2. The van der Waals surface area contributed by atoms with Gasteiger partial charge in [0.25, 0.3) is 5.91 Å². The number of hydrogen-bond donors (Lipinski definition) is 1. The van der Waals surface area contributed by atoms with Crippen molar-refractivity contribution >= 4 is 29.3 Å². The van der Waals surface area contributed by atoms with E-state index in [1.807, 2.05) is 65.2 Å². The lowest BCUT2D eigenvalue weighted by Crippen LogP contribution is -2.38. The zero-order valence-corrected chi connectivity index (χ0v) is 17.0. The van der Waals surface area contributed by atoms with Crippen molar-refractivity contribution in [3.63, 3.8) is 0 Å². The summed E-state index contributed by atoms with van der Waals surface area (Å²) in [7, 11) is 0. The third-order valence-corrected chi connectivity index (χ3v) is 5.60. The first kappa shape index (κ1) is 20.3. The standard InChI is InChI=1S/C22H26N2O3S/c1-2-17-5-9-20(10-6-17)27-16-21(25)23-19-7-3-18(4-8-19)15-22(26)24-11-13-28-14-12-24/h3-10H,2,11-16H2,1H3,(H,23,25). The van der Waals surface area contributed by atoms with Crippen molar-refractivity contribution in [3.8, 4) is 5.75 Å². The van der Waals surface area contributed by atoms with Gasteiger partial charge in [-0.1, -0.05) is 31.2 Å². The van der Waals surface area contributed by atoms with Gasteiger partial charge in [-0.3, -0.25) is 9.59 Å². The fourth-order valence-corrected chi connectivity index (χ4v) is 3.88. The fourth-order valence-electron chi connectivity index (χ4n) is 2.97. The number of thioether (sulfide) groups is 1. The van der Waals surface area contributed by atoms with Gasteiger partial charge < -0.3 is 15.0 Å². The minimum absolute atomic E-state index is 0.0430. The monoisotopic (exact) mass is 398 g/mol. The number of carbonyl (C=O) groups is 2. The Morgan fingerprint density at radius 1 is 1.00 bits per heavy atom. The molecule has 0 aromatic heterocycles. The highest BCUT2D eigenvalue weighted by atomic mass is 32.2. The Balaban J connectivity index is 1.45. The molecule has 0 aliphatic carbocycles. The topological polar surface area (TPSA) is 58.6 Å². The molecule has 0 radical (unpaired) electrons. The highest BCUT2D eigenvalue weighted by Gasteiger charge is 2.16. The lowest BCUT2D eigenvalue weighted by atomic mass is 10.1. The van der Waals surface area contributed by atoms with E-state index in [-0.39, 0.29) is 18.4 Å². The number of carbonyl (C=O) groups excluding carboxylic acids is 2. The van der Waals surface area contributed by atoms with Crippen LogP contribution in [0.4, 0.5) is 5.69 Å². The summed E-state index contributed by atoms with van der Waals surface area (Å²) in [5, 5.41) is 2.82. The van der Waals surface area contributed by atoms with Crippen LogP contribution in [0.25, 0.3) is 0 Å². The van der Waals surface area contributed by atoms with Crippen molar-refractivity contribution in [2.45, 2.75) is 19.8 Å². The molecule has 1 aliphatic heterocycles. The van der Waals surface area contributed by atoms with Gasteiger partial charge in [0.1, 0.15) is 5.75 Å². The number of nitrogens with zero attached hydrogens (tertiary/aromatic N) is 1. The van der Waals surface area contributed by atoms with Crippen molar-refractivity contribution in [3.05, 3.63) is 59.7 Å². The van der Waals surface area contributed by atoms with Gasteiger partial charge in [0, 0.05) is 30.3 Å². The van der Waals surface area contributed by atoms with Crippen LogP contribution in [0.15, 0.2) is 48.5 Å². The predicted molar refractivity (Wildman–Crippen MR) is 114 cm³/mol. The van der Waals surface area contributed by atoms with E-state index in [1.54, 1.807) is 0 Å². The first-order valence-electron chi connectivity index (χ1n) is 9.60. The SMILES string of the molecule is CCc1ccc(OCC(=O)Nc2ccc(CC(=O)N3CCSCC3)cc2)cc1. The highest BCUT2D eigenvalue weighted by molar-refractivity contribution is 7.99. The molecule has 1 saturated heterocycles. The Kier molecular flexibility index (Phi) is 7.37. The molecule has 0 saturated carbocycles. The molecule has 0 atom stereocenters. The lowest BCUT2D eigenvalue weighted by molar-refractivity contribution is -0.130. The molecule has 6 heteroatoms. The molecule has 0 bridgehead atoms. The van der Waals surface area contributed by atoms with Crippen LogP contribution in [-0.4, -0.2) is 47.9 Å². The molecule has 0 unspecified atom stereocenters. The molecule has 28 heavy (non-hydrogen) atoms. The summed E-state index contributed by atoms with van der Waals surface area (Å²) < 4.78 is 5.52. The van der Waals surface area contributed by atoms with Crippen LogP contribution in [-0.2, 0) is 22.4 Å². The van der Waals surface area contributed by atoms with Gasteiger partial charge in [-0.2, -0.15) is 11.8 Å². The highest BCUT2D eigenvalue weighted by Crippen LogP contribution is 2.15. The van der Waals surface area contributed by atoms with Gasteiger partial charge in [-0.25, -0.2) is 0 Å². The average Bonchev–Trinajstić information content (AvgIpc) is 2.74. The Morgan fingerprint density at radius 3 is 2.29 bits per heavy atom. The van der Waals surface area contributed by atoms with E-state index in [4.69, 9.17) is 4.74 Å². The summed E-state index contributed by atoms with van der Waals surface area (Å²) in [5.74, 6) is 2.66. The van der Waals surface area contributed by atoms with Crippen LogP contribution < -0.4 is 10.1 Å². The second-order valence-electron chi connectivity index (χ2n) is 6.70. The van der Waals surface area contributed by atoms with Crippen molar-refractivity contribution in [1.29, 1.82) is 0 Å². The molecule has 1 heterocycles. The van der Waals surface area contributed by atoms with Crippen molar-refractivity contribution in [1.82, 2.24) is 4.90 Å². The Morgan fingerprint density at radius 2 is 1.64 bits per heavy atom. The average molecular weight is 399 g/mol. The maximum atomic E-state index is 12.3. The third-order valence-electron chi connectivity index (χ3n) is 4.66. The summed E-state index contributed by atoms with van der Waals surface area (Å²) in [6.07, 6.45) is 1.37. The summed E-state index contributed by atoms with van der Waals surface area (Å²) in [5.41, 5.74) is 2.88. The fraction of sp³-hybridized carbons (Fsp3) is 0.364. The normalized spacial score (nSPS) is 13.8. The van der Waals surface area contributed by atoms with Crippen LogP contribution in [0.2, 0.25) is 0 Å². The molecule has 2 amide bonds. The second kappa shape index (κ2) is 10.2. The van der Waals surface area contributed by atoms with E-state index in [1.165, 1.54) is 5.56 Å². The molecule has 2 aromatic carbocycles. The summed E-state index contributed by atoms with van der Waals surface area (Å²) in [6.45, 7) is 3.72. The zero-order valence-electron chi connectivity index (χ0n) is 16.1. The van der Waals surface area contributed by atoms with Crippen molar-refractivity contribution < 1.29 is 14.3 Å². The van der Waals surface area contributed by atoms with Crippen LogP contribution in [0, 0.1) is 0 Å². The first-order valence-corrected chi connectivity index (χ1v) is 10.8. The number of anilines is 1. The van der Waals surface area contributed by atoms with Gasteiger partial charge in [0.2, 0.25) is 5.91 Å². The maximum Gasteiger partial charge on any atom is 0.262 e. The number of rotatable bonds is 7. The van der Waals surface area contributed by atoms with Gasteiger partial charge in [-0.05, 0) is 41.8 Å². The van der Waals surface area contributed by atoms with E-state index in [0.717, 1.165) is 36.6 Å². The molecule has 1 fully saturated rings.